The zero-order valence-corrected chi connectivity index (χ0v) is 23.8. The fourth-order valence-corrected chi connectivity index (χ4v) is 4.64. The van der Waals surface area contributed by atoms with Gasteiger partial charge in [-0.15, -0.1) is 0 Å². The van der Waals surface area contributed by atoms with Gasteiger partial charge in [-0.2, -0.15) is 0 Å². The van der Waals surface area contributed by atoms with Crippen molar-refractivity contribution in [3.8, 4) is 5.75 Å². The van der Waals surface area contributed by atoms with E-state index in [9.17, 15) is 14.4 Å². The zero-order valence-electron chi connectivity index (χ0n) is 19.8. The van der Waals surface area contributed by atoms with Crippen LogP contribution in [0, 0.1) is 6.92 Å². The summed E-state index contributed by atoms with van der Waals surface area (Å²) < 4.78 is 8.44. The topological polar surface area (TPSA) is 101 Å². The number of aryl methyl sites for hydroxylation is 1. The fraction of sp³-hybridized carbons (Fsp3) is 0.240. The van der Waals surface area contributed by atoms with Gasteiger partial charge in [0, 0.05) is 25.2 Å². The minimum Gasteiger partial charge on any atom is -0.497 e. The molecule has 190 valence electrons. The third-order valence-electron chi connectivity index (χ3n) is 5.53. The molecule has 0 radical (unpaired) electrons. The van der Waals surface area contributed by atoms with E-state index in [2.05, 4.69) is 47.8 Å². The summed E-state index contributed by atoms with van der Waals surface area (Å²) in [5.74, 6) is -1.28. The normalized spacial score (nSPS) is 11.5. The lowest BCUT2D eigenvalue weighted by atomic mass is 9.94. The number of amides is 3. The lowest BCUT2D eigenvalue weighted by Crippen LogP contribution is -2.44. The highest BCUT2D eigenvalue weighted by Crippen LogP contribution is 2.31. The molecule has 1 unspecified atom stereocenters. The first-order valence-corrected chi connectivity index (χ1v) is 12.9. The lowest BCUT2D eigenvalue weighted by molar-refractivity contribution is -0.139. The molecule has 1 atom stereocenters. The van der Waals surface area contributed by atoms with E-state index >= 15 is 0 Å². The molecular weight excluding hydrogens is 616 g/mol. The van der Waals surface area contributed by atoms with E-state index in [1.807, 2.05) is 25.1 Å². The molecule has 1 heterocycles. The standard InChI is InChI=1S/C25H25Br2ClN4O4/c1-14-12-15(36-3)8-9-16(14)21(17-6-4-5-7-19(17)28)31-25(35)24(34)30-11-10-29-23(33)20-13-18(26)22(27)32(20)2/h4-9,12-13,21H,10-11H2,1-3H3,(H,29,33)(H,30,34)(H,31,35). The number of aromatic nitrogens is 1. The highest BCUT2D eigenvalue weighted by Gasteiger charge is 2.24. The fourth-order valence-electron chi connectivity index (χ4n) is 3.61. The summed E-state index contributed by atoms with van der Waals surface area (Å²) in [6, 6.07) is 13.6. The molecule has 0 fully saturated rings. The Bertz CT molecular complexity index is 1300. The molecule has 0 bridgehead atoms. The van der Waals surface area contributed by atoms with Crippen LogP contribution in [0.15, 0.2) is 57.6 Å². The number of halogens is 3. The molecule has 3 N–H and O–H groups in total. The second-order valence-electron chi connectivity index (χ2n) is 7.89. The van der Waals surface area contributed by atoms with Crippen molar-refractivity contribution in [3.05, 3.63) is 85.0 Å². The second-order valence-corrected chi connectivity index (χ2v) is 9.90. The van der Waals surface area contributed by atoms with Gasteiger partial charge in [-0.05, 0) is 79.7 Å². The maximum Gasteiger partial charge on any atom is 0.310 e. The molecule has 8 nitrogen and oxygen atoms in total. The van der Waals surface area contributed by atoms with Crippen LogP contribution in [-0.4, -0.2) is 42.5 Å². The van der Waals surface area contributed by atoms with Crippen molar-refractivity contribution >= 4 is 61.2 Å². The molecule has 2 aromatic carbocycles. The molecule has 0 saturated heterocycles. The molecule has 3 rings (SSSR count). The van der Waals surface area contributed by atoms with E-state index in [1.54, 1.807) is 49.1 Å². The van der Waals surface area contributed by atoms with Crippen molar-refractivity contribution in [3.63, 3.8) is 0 Å². The molecule has 0 aliphatic carbocycles. The van der Waals surface area contributed by atoms with Crippen molar-refractivity contribution in [1.82, 2.24) is 20.5 Å². The van der Waals surface area contributed by atoms with Crippen LogP contribution in [0.25, 0.3) is 0 Å². The SMILES string of the molecule is COc1ccc(C(NC(=O)C(=O)NCCNC(=O)c2cc(Br)c(Br)n2C)c2ccccc2Cl)c(C)c1. The molecule has 1 aromatic heterocycles. The van der Waals surface area contributed by atoms with Gasteiger partial charge in [-0.3, -0.25) is 14.4 Å². The van der Waals surface area contributed by atoms with E-state index in [0.29, 0.717) is 22.0 Å². The molecule has 3 aromatic rings. The number of nitrogens with one attached hydrogen (secondary N) is 3. The van der Waals surface area contributed by atoms with Crippen LogP contribution in [0.1, 0.15) is 33.2 Å². The number of hydrogen-bond acceptors (Lipinski definition) is 4. The molecule has 0 aliphatic heterocycles. The summed E-state index contributed by atoms with van der Waals surface area (Å²) in [6.45, 7) is 2.10. The summed E-state index contributed by atoms with van der Waals surface area (Å²) in [4.78, 5) is 37.7. The predicted octanol–water partition coefficient (Wildman–Crippen LogP) is 4.27. The van der Waals surface area contributed by atoms with Crippen LogP contribution in [0.5, 0.6) is 5.75 Å². The number of methoxy groups -OCH3 is 1. The van der Waals surface area contributed by atoms with Crippen LogP contribution in [-0.2, 0) is 16.6 Å². The number of benzene rings is 2. The quantitative estimate of drug-likeness (QED) is 0.253. The number of carbonyl (C=O) groups is 3. The number of ether oxygens (including phenoxy) is 1. The molecule has 3 amide bonds. The van der Waals surface area contributed by atoms with Gasteiger partial charge < -0.3 is 25.3 Å². The van der Waals surface area contributed by atoms with E-state index in [1.165, 1.54) is 0 Å². The first-order chi connectivity index (χ1) is 17.1. The Morgan fingerprint density at radius 3 is 2.31 bits per heavy atom. The average molecular weight is 641 g/mol. The van der Waals surface area contributed by atoms with E-state index in [0.717, 1.165) is 20.2 Å². The Morgan fingerprint density at radius 1 is 1.00 bits per heavy atom. The monoisotopic (exact) mass is 638 g/mol. The van der Waals surface area contributed by atoms with Gasteiger partial charge in [-0.1, -0.05) is 35.9 Å². The molecular formula is C25H25Br2ClN4O4. The van der Waals surface area contributed by atoms with Crippen LogP contribution in [0.4, 0.5) is 0 Å². The van der Waals surface area contributed by atoms with Crippen LogP contribution in [0.2, 0.25) is 5.02 Å². The van der Waals surface area contributed by atoms with Gasteiger partial charge >= 0.3 is 11.8 Å². The van der Waals surface area contributed by atoms with Gasteiger partial charge in [0.05, 0.1) is 22.2 Å². The number of carbonyl (C=O) groups excluding carboxylic acids is 3. The average Bonchev–Trinajstić information content (AvgIpc) is 3.12. The highest BCUT2D eigenvalue weighted by molar-refractivity contribution is 9.13. The largest absolute Gasteiger partial charge is 0.497 e. The number of nitrogens with zero attached hydrogens (tertiary/aromatic N) is 1. The third kappa shape index (κ3) is 6.48. The third-order valence-corrected chi connectivity index (χ3v) is 7.97. The highest BCUT2D eigenvalue weighted by atomic mass is 79.9. The molecule has 0 aliphatic rings. The van der Waals surface area contributed by atoms with Gasteiger partial charge in [0.1, 0.15) is 11.4 Å². The van der Waals surface area contributed by atoms with Crippen molar-refractivity contribution in [2.75, 3.05) is 20.2 Å². The van der Waals surface area contributed by atoms with E-state index < -0.39 is 17.9 Å². The van der Waals surface area contributed by atoms with E-state index in [-0.39, 0.29) is 19.0 Å². The Kier molecular flexibility index (Phi) is 9.58. The maximum atomic E-state index is 12.8. The maximum absolute atomic E-state index is 12.8. The number of rotatable bonds is 8. The summed E-state index contributed by atoms with van der Waals surface area (Å²) in [6.07, 6.45) is 0. The first-order valence-electron chi connectivity index (χ1n) is 10.9. The van der Waals surface area contributed by atoms with Gasteiger partial charge in [-0.25, -0.2) is 0 Å². The molecule has 36 heavy (non-hydrogen) atoms. The van der Waals surface area contributed by atoms with Crippen molar-refractivity contribution in [2.45, 2.75) is 13.0 Å². The Balaban J connectivity index is 1.65. The first kappa shape index (κ1) is 27.8. The van der Waals surface area contributed by atoms with Crippen LogP contribution < -0.4 is 20.7 Å². The summed E-state index contributed by atoms with van der Waals surface area (Å²) in [5, 5.41) is 8.49. The van der Waals surface area contributed by atoms with Crippen LogP contribution >= 0.6 is 43.5 Å². The van der Waals surface area contributed by atoms with Gasteiger partial charge in [0.15, 0.2) is 0 Å². The minimum atomic E-state index is -0.822. The summed E-state index contributed by atoms with van der Waals surface area (Å²) in [7, 11) is 3.32. The Morgan fingerprint density at radius 2 is 1.69 bits per heavy atom. The van der Waals surface area contributed by atoms with Crippen molar-refractivity contribution < 1.29 is 19.1 Å². The smallest absolute Gasteiger partial charge is 0.310 e. The Labute approximate surface area is 231 Å². The number of hydrogen-bond donors (Lipinski definition) is 3. The minimum absolute atomic E-state index is 0.0725. The van der Waals surface area contributed by atoms with Gasteiger partial charge in [0.2, 0.25) is 0 Å². The summed E-state index contributed by atoms with van der Waals surface area (Å²) in [5.41, 5.74) is 2.73. The molecule has 11 heteroatoms. The Hall–Kier alpha value is -2.82. The van der Waals surface area contributed by atoms with Crippen molar-refractivity contribution in [2.24, 2.45) is 7.05 Å². The van der Waals surface area contributed by atoms with Gasteiger partial charge in [0.25, 0.3) is 5.91 Å². The molecule has 0 saturated carbocycles. The van der Waals surface area contributed by atoms with E-state index in [4.69, 9.17) is 16.3 Å². The van der Waals surface area contributed by atoms with Crippen molar-refractivity contribution in [1.29, 1.82) is 0 Å². The second kappa shape index (κ2) is 12.4. The predicted molar refractivity (Wildman–Crippen MR) is 145 cm³/mol. The zero-order chi connectivity index (χ0) is 26.4. The van der Waals surface area contributed by atoms with Crippen LogP contribution in [0.3, 0.4) is 0 Å². The summed E-state index contributed by atoms with van der Waals surface area (Å²) >= 11 is 13.2. The lowest BCUT2D eigenvalue weighted by Gasteiger charge is -2.23. The molecule has 0 spiro atoms.